The number of aromatic nitrogens is 4. The lowest BCUT2D eigenvalue weighted by molar-refractivity contribution is -0.121. The second-order valence-electron chi connectivity index (χ2n) is 4.69. The summed E-state index contributed by atoms with van der Waals surface area (Å²) in [5.74, 6) is 1.09. The highest BCUT2D eigenvalue weighted by atomic mass is 16.3. The number of aliphatic hydroxyl groups excluding tert-OH is 1. The predicted octanol–water partition coefficient (Wildman–Crippen LogP) is -0.248. The summed E-state index contributed by atoms with van der Waals surface area (Å²) in [6.07, 6.45) is 0.335. The van der Waals surface area contributed by atoms with E-state index in [9.17, 15) is 4.79 Å². The Kier molecular flexibility index (Phi) is 5.70. The Morgan fingerprint density at radius 2 is 2.22 bits per heavy atom. The minimum atomic E-state index is -0.0519. The van der Waals surface area contributed by atoms with Crippen LogP contribution in [-0.2, 0) is 11.3 Å². The van der Waals surface area contributed by atoms with Crippen LogP contribution in [0.5, 0.6) is 0 Å². The Balaban J connectivity index is 2.28. The van der Waals surface area contributed by atoms with E-state index in [1.807, 2.05) is 13.8 Å². The first-order valence-corrected chi connectivity index (χ1v) is 6.15. The van der Waals surface area contributed by atoms with E-state index in [1.54, 1.807) is 11.6 Å². The number of nitrogens with zero attached hydrogens (tertiary/aromatic N) is 4. The highest BCUT2D eigenvalue weighted by molar-refractivity contribution is 5.75. The first-order chi connectivity index (χ1) is 8.54. The van der Waals surface area contributed by atoms with Gasteiger partial charge in [-0.15, -0.1) is 5.10 Å². The molecular weight excluding hydrogens is 234 g/mol. The third-order valence-corrected chi connectivity index (χ3v) is 3.00. The summed E-state index contributed by atoms with van der Waals surface area (Å²) in [7, 11) is 0. The van der Waals surface area contributed by atoms with Gasteiger partial charge in [-0.05, 0) is 23.3 Å². The fourth-order valence-corrected chi connectivity index (χ4v) is 1.51. The van der Waals surface area contributed by atoms with Crippen LogP contribution in [0.3, 0.4) is 0 Å². The summed E-state index contributed by atoms with van der Waals surface area (Å²) >= 11 is 0. The molecule has 0 bridgehead atoms. The molecule has 0 aliphatic carbocycles. The number of hydrogen-bond acceptors (Lipinski definition) is 5. The zero-order valence-electron chi connectivity index (χ0n) is 11.1. The van der Waals surface area contributed by atoms with Crippen molar-refractivity contribution in [1.29, 1.82) is 0 Å². The van der Waals surface area contributed by atoms with Gasteiger partial charge in [0.05, 0.1) is 6.54 Å². The van der Waals surface area contributed by atoms with Crippen LogP contribution in [0.25, 0.3) is 0 Å². The summed E-state index contributed by atoms with van der Waals surface area (Å²) in [5, 5.41) is 23.0. The summed E-state index contributed by atoms with van der Waals surface area (Å²) in [6.45, 7) is 6.90. The molecule has 0 saturated carbocycles. The number of rotatable bonds is 7. The van der Waals surface area contributed by atoms with Crippen molar-refractivity contribution >= 4 is 5.91 Å². The maximum absolute atomic E-state index is 11.6. The van der Waals surface area contributed by atoms with Gasteiger partial charge >= 0.3 is 0 Å². The fraction of sp³-hybridized carbons (Fsp3) is 0.818. The van der Waals surface area contributed by atoms with Gasteiger partial charge in [-0.25, -0.2) is 4.68 Å². The van der Waals surface area contributed by atoms with Gasteiger partial charge in [0, 0.05) is 25.5 Å². The molecule has 18 heavy (non-hydrogen) atoms. The van der Waals surface area contributed by atoms with E-state index in [1.165, 1.54) is 0 Å². The standard InChI is InChI=1S/C11H21N5O2/c1-8(2)10(7-17)6-12-11(18)4-5-16-9(3)13-14-15-16/h8,10,17H,4-7H2,1-3H3,(H,12,18). The second kappa shape index (κ2) is 7.05. The summed E-state index contributed by atoms with van der Waals surface area (Å²) in [6, 6.07) is 0. The highest BCUT2D eigenvalue weighted by Gasteiger charge is 2.13. The van der Waals surface area contributed by atoms with Crippen LogP contribution >= 0.6 is 0 Å². The molecular formula is C11H21N5O2. The number of hydrogen-bond donors (Lipinski definition) is 2. The summed E-state index contributed by atoms with van der Waals surface area (Å²) in [5.41, 5.74) is 0. The van der Waals surface area contributed by atoms with Crippen LogP contribution in [0.1, 0.15) is 26.1 Å². The van der Waals surface area contributed by atoms with E-state index < -0.39 is 0 Å². The average Bonchev–Trinajstić information content (AvgIpc) is 2.72. The van der Waals surface area contributed by atoms with Gasteiger partial charge in [0.2, 0.25) is 5.91 Å². The highest BCUT2D eigenvalue weighted by Crippen LogP contribution is 2.08. The molecule has 1 unspecified atom stereocenters. The number of nitrogens with one attached hydrogen (secondary N) is 1. The molecule has 1 heterocycles. The topological polar surface area (TPSA) is 92.9 Å². The zero-order chi connectivity index (χ0) is 13.5. The van der Waals surface area contributed by atoms with E-state index in [-0.39, 0.29) is 18.4 Å². The van der Waals surface area contributed by atoms with Gasteiger partial charge in [-0.2, -0.15) is 0 Å². The van der Waals surface area contributed by atoms with Crippen molar-refractivity contribution in [2.24, 2.45) is 11.8 Å². The molecule has 1 amide bonds. The monoisotopic (exact) mass is 255 g/mol. The van der Waals surface area contributed by atoms with Crippen LogP contribution < -0.4 is 5.32 Å². The Morgan fingerprint density at radius 3 is 2.72 bits per heavy atom. The molecule has 102 valence electrons. The summed E-state index contributed by atoms with van der Waals surface area (Å²) in [4.78, 5) is 11.6. The van der Waals surface area contributed by atoms with Gasteiger partial charge in [-0.3, -0.25) is 4.79 Å². The van der Waals surface area contributed by atoms with Crippen LogP contribution in [0, 0.1) is 18.8 Å². The zero-order valence-corrected chi connectivity index (χ0v) is 11.1. The number of carbonyl (C=O) groups excluding carboxylic acids is 1. The maximum atomic E-state index is 11.6. The molecule has 1 aromatic rings. The molecule has 1 aromatic heterocycles. The van der Waals surface area contributed by atoms with Gasteiger partial charge in [0.15, 0.2) is 0 Å². The lowest BCUT2D eigenvalue weighted by atomic mass is 9.97. The molecule has 0 spiro atoms. The first-order valence-electron chi connectivity index (χ1n) is 6.15. The number of aliphatic hydroxyl groups is 1. The Bertz CT molecular complexity index is 377. The number of carbonyl (C=O) groups is 1. The van der Waals surface area contributed by atoms with Gasteiger partial charge in [0.25, 0.3) is 0 Å². The van der Waals surface area contributed by atoms with Gasteiger partial charge in [0.1, 0.15) is 5.82 Å². The van der Waals surface area contributed by atoms with Crippen molar-refractivity contribution in [2.45, 2.75) is 33.7 Å². The fourth-order valence-electron chi connectivity index (χ4n) is 1.51. The quantitative estimate of drug-likeness (QED) is 0.701. The molecule has 7 nitrogen and oxygen atoms in total. The average molecular weight is 255 g/mol. The second-order valence-corrected chi connectivity index (χ2v) is 4.69. The lowest BCUT2D eigenvalue weighted by Crippen LogP contribution is -2.33. The molecule has 1 atom stereocenters. The molecule has 7 heteroatoms. The molecule has 0 aliphatic heterocycles. The van der Waals surface area contributed by atoms with Crippen molar-refractivity contribution in [2.75, 3.05) is 13.2 Å². The van der Waals surface area contributed by atoms with E-state index in [4.69, 9.17) is 5.11 Å². The van der Waals surface area contributed by atoms with Crippen LogP contribution in [0.2, 0.25) is 0 Å². The first kappa shape index (κ1) is 14.6. The Hall–Kier alpha value is -1.50. The third kappa shape index (κ3) is 4.40. The van der Waals surface area contributed by atoms with Crippen LogP contribution in [0.15, 0.2) is 0 Å². The Labute approximate surface area is 107 Å². The predicted molar refractivity (Wildman–Crippen MR) is 65.6 cm³/mol. The van der Waals surface area contributed by atoms with E-state index in [0.717, 1.165) is 0 Å². The van der Waals surface area contributed by atoms with Crippen molar-refractivity contribution in [3.63, 3.8) is 0 Å². The number of tetrazole rings is 1. The minimum absolute atomic E-state index is 0.0519. The van der Waals surface area contributed by atoms with Gasteiger partial charge in [-0.1, -0.05) is 13.8 Å². The lowest BCUT2D eigenvalue weighted by Gasteiger charge is -2.18. The minimum Gasteiger partial charge on any atom is -0.396 e. The maximum Gasteiger partial charge on any atom is 0.221 e. The Morgan fingerprint density at radius 1 is 1.50 bits per heavy atom. The van der Waals surface area contributed by atoms with Gasteiger partial charge < -0.3 is 10.4 Å². The molecule has 1 rings (SSSR count). The molecule has 0 radical (unpaired) electrons. The largest absolute Gasteiger partial charge is 0.396 e. The van der Waals surface area contributed by atoms with E-state index in [2.05, 4.69) is 20.8 Å². The SMILES string of the molecule is Cc1nnnn1CCC(=O)NCC(CO)C(C)C. The molecule has 0 aliphatic rings. The number of amides is 1. The number of aryl methyl sites for hydroxylation is 2. The molecule has 0 saturated heterocycles. The van der Waals surface area contributed by atoms with Crippen molar-refractivity contribution in [3.05, 3.63) is 5.82 Å². The van der Waals surface area contributed by atoms with Crippen molar-refractivity contribution in [3.8, 4) is 0 Å². The molecule has 2 N–H and O–H groups in total. The normalized spacial score (nSPS) is 12.7. The summed E-state index contributed by atoms with van der Waals surface area (Å²) < 4.78 is 1.59. The van der Waals surface area contributed by atoms with Crippen LogP contribution in [-0.4, -0.2) is 44.4 Å². The third-order valence-electron chi connectivity index (χ3n) is 3.00. The van der Waals surface area contributed by atoms with Crippen LogP contribution in [0.4, 0.5) is 0 Å². The smallest absolute Gasteiger partial charge is 0.221 e. The van der Waals surface area contributed by atoms with Crippen molar-refractivity contribution < 1.29 is 9.90 Å². The molecule has 0 aromatic carbocycles. The molecule has 0 fully saturated rings. The van der Waals surface area contributed by atoms with E-state index >= 15 is 0 Å². The van der Waals surface area contributed by atoms with E-state index in [0.29, 0.717) is 31.3 Å². The van der Waals surface area contributed by atoms with Crippen molar-refractivity contribution in [1.82, 2.24) is 25.5 Å².